The number of H-pyrrole nitrogens is 1. The van der Waals surface area contributed by atoms with Crippen molar-refractivity contribution in [1.82, 2.24) is 9.97 Å². The van der Waals surface area contributed by atoms with Gasteiger partial charge in [-0.3, -0.25) is 9.59 Å². The summed E-state index contributed by atoms with van der Waals surface area (Å²) in [5, 5.41) is -0.453. The molecular formula is C14H13ClN2O2. The molecule has 1 aromatic heterocycles. The lowest BCUT2D eigenvalue weighted by Gasteiger charge is -2.06. The maximum atomic E-state index is 12.0. The largest absolute Gasteiger partial charge is 0.306 e. The number of nitrogens with one attached hydrogen (secondary N) is 1. The molecule has 0 atom stereocenters. The summed E-state index contributed by atoms with van der Waals surface area (Å²) in [7, 11) is 0. The molecule has 0 bridgehead atoms. The molecule has 0 aliphatic carbocycles. The average molecular weight is 277 g/mol. The molecule has 1 heterocycles. The molecule has 0 radical (unpaired) electrons. The van der Waals surface area contributed by atoms with E-state index in [0.717, 1.165) is 5.56 Å². The molecule has 4 nitrogen and oxygen atoms in total. The maximum absolute atomic E-state index is 12.0. The first-order valence-corrected chi connectivity index (χ1v) is 6.29. The fraction of sp³-hybridized carbons (Fsp3) is 0.214. The monoisotopic (exact) mass is 276 g/mol. The summed E-state index contributed by atoms with van der Waals surface area (Å²) >= 11 is 5.29. The summed E-state index contributed by atoms with van der Waals surface area (Å²) in [6.45, 7) is 1.76. The Morgan fingerprint density at radius 3 is 2.58 bits per heavy atom. The van der Waals surface area contributed by atoms with Crippen LogP contribution in [0.2, 0.25) is 0 Å². The first-order valence-electron chi connectivity index (χ1n) is 5.91. The van der Waals surface area contributed by atoms with Gasteiger partial charge in [0.2, 0.25) is 5.24 Å². The molecule has 1 N–H and O–H groups in total. The van der Waals surface area contributed by atoms with Crippen molar-refractivity contribution >= 4 is 16.8 Å². The number of halogens is 1. The van der Waals surface area contributed by atoms with Crippen molar-refractivity contribution in [2.75, 3.05) is 0 Å². The predicted octanol–water partition coefficient (Wildman–Crippen LogP) is 2.44. The lowest BCUT2D eigenvalue weighted by Crippen LogP contribution is -2.18. The normalized spacial score (nSPS) is 10.4. The van der Waals surface area contributed by atoms with Crippen molar-refractivity contribution in [2.45, 2.75) is 19.8 Å². The van der Waals surface area contributed by atoms with Gasteiger partial charge >= 0.3 is 0 Å². The Morgan fingerprint density at radius 2 is 2.00 bits per heavy atom. The number of nitrogens with zero attached hydrogens (tertiary/aromatic N) is 1. The number of carbonyl (C=O) groups excluding carboxylic acids is 1. The van der Waals surface area contributed by atoms with Crippen molar-refractivity contribution in [1.29, 1.82) is 0 Å². The van der Waals surface area contributed by atoms with Crippen molar-refractivity contribution in [3.63, 3.8) is 0 Å². The molecular weight excluding hydrogens is 264 g/mol. The molecule has 5 heteroatoms. The van der Waals surface area contributed by atoms with E-state index in [4.69, 9.17) is 11.6 Å². The number of rotatable bonds is 4. The third-order valence-corrected chi connectivity index (χ3v) is 3.03. The second-order valence-corrected chi connectivity index (χ2v) is 4.62. The third-order valence-electron chi connectivity index (χ3n) is 2.84. The molecule has 0 spiro atoms. The average Bonchev–Trinajstić information content (AvgIpc) is 2.38. The lowest BCUT2D eigenvalue weighted by atomic mass is 10.1. The van der Waals surface area contributed by atoms with E-state index in [9.17, 15) is 9.59 Å². The first kappa shape index (κ1) is 13.5. The van der Waals surface area contributed by atoms with Crippen LogP contribution in [0.3, 0.4) is 0 Å². The number of carbonyl (C=O) groups is 1. The molecule has 0 saturated heterocycles. The fourth-order valence-corrected chi connectivity index (χ4v) is 1.96. The smallest absolute Gasteiger partial charge is 0.254 e. The van der Waals surface area contributed by atoms with Crippen molar-refractivity contribution in [3.05, 3.63) is 51.9 Å². The van der Waals surface area contributed by atoms with E-state index in [1.807, 2.05) is 30.3 Å². The van der Waals surface area contributed by atoms with E-state index < -0.39 is 5.24 Å². The molecule has 0 amide bonds. The van der Waals surface area contributed by atoms with Gasteiger partial charge in [-0.2, -0.15) is 0 Å². The summed E-state index contributed by atoms with van der Waals surface area (Å²) in [6, 6.07) is 9.41. The van der Waals surface area contributed by atoms with E-state index in [1.54, 1.807) is 6.92 Å². The zero-order chi connectivity index (χ0) is 13.8. The van der Waals surface area contributed by atoms with Gasteiger partial charge in [0.15, 0.2) is 0 Å². The zero-order valence-electron chi connectivity index (χ0n) is 10.4. The third kappa shape index (κ3) is 3.29. The predicted molar refractivity (Wildman–Crippen MR) is 74.2 cm³/mol. The Hall–Kier alpha value is -1.94. The summed E-state index contributed by atoms with van der Waals surface area (Å²) < 4.78 is 0. The highest BCUT2D eigenvalue weighted by molar-refractivity contribution is 6.63. The Labute approximate surface area is 115 Å². The van der Waals surface area contributed by atoms with E-state index in [0.29, 0.717) is 23.5 Å². The van der Waals surface area contributed by atoms with Crippen LogP contribution in [0.25, 0.3) is 11.4 Å². The van der Waals surface area contributed by atoms with Gasteiger partial charge in [-0.25, -0.2) is 4.98 Å². The van der Waals surface area contributed by atoms with Crippen LogP contribution < -0.4 is 5.56 Å². The van der Waals surface area contributed by atoms with Gasteiger partial charge in [-0.05, 0) is 24.9 Å². The number of aromatic nitrogens is 2. The van der Waals surface area contributed by atoms with Gasteiger partial charge in [0.05, 0.1) is 0 Å². The second kappa shape index (κ2) is 5.80. The van der Waals surface area contributed by atoms with Crippen molar-refractivity contribution in [2.24, 2.45) is 0 Å². The summed E-state index contributed by atoms with van der Waals surface area (Å²) in [5.74, 6) is 0.532. The van der Waals surface area contributed by atoms with Crippen LogP contribution in [0.1, 0.15) is 17.7 Å². The molecule has 1 aromatic carbocycles. The molecule has 0 aliphatic rings. The van der Waals surface area contributed by atoms with Gasteiger partial charge in [-0.1, -0.05) is 30.3 Å². The highest BCUT2D eigenvalue weighted by Gasteiger charge is 2.10. The number of aromatic amines is 1. The van der Waals surface area contributed by atoms with E-state index in [1.165, 1.54) is 0 Å². The van der Waals surface area contributed by atoms with E-state index >= 15 is 0 Å². The lowest BCUT2D eigenvalue weighted by molar-refractivity contribution is -0.111. The molecule has 19 heavy (non-hydrogen) atoms. The number of hydrogen-bond acceptors (Lipinski definition) is 3. The van der Waals surface area contributed by atoms with Gasteiger partial charge in [0, 0.05) is 23.2 Å². The molecule has 98 valence electrons. The number of benzene rings is 1. The quantitative estimate of drug-likeness (QED) is 0.873. The number of aryl methyl sites for hydroxylation is 1. The standard InChI is InChI=1S/C14H13ClN2O2/c1-9-11(7-8-12(15)18)14(19)17-13(16-9)10-5-3-2-4-6-10/h2-6H,7-8H2,1H3,(H,16,17,19). The van der Waals surface area contributed by atoms with Crippen molar-refractivity contribution in [3.8, 4) is 11.4 Å². The van der Waals surface area contributed by atoms with Gasteiger partial charge < -0.3 is 4.98 Å². The van der Waals surface area contributed by atoms with Crippen LogP contribution in [0.4, 0.5) is 0 Å². The molecule has 2 aromatic rings. The van der Waals surface area contributed by atoms with Gasteiger partial charge in [0.1, 0.15) is 5.82 Å². The highest BCUT2D eigenvalue weighted by atomic mass is 35.5. The summed E-state index contributed by atoms with van der Waals surface area (Å²) in [5.41, 5.74) is 1.76. The van der Waals surface area contributed by atoms with Crippen molar-refractivity contribution < 1.29 is 4.79 Å². The SMILES string of the molecule is Cc1nc(-c2ccccc2)[nH]c(=O)c1CCC(=O)Cl. The molecule has 0 saturated carbocycles. The molecule has 2 rings (SSSR count). The summed E-state index contributed by atoms with van der Waals surface area (Å²) in [6.07, 6.45) is 0.448. The minimum absolute atomic E-state index is 0.137. The number of hydrogen-bond donors (Lipinski definition) is 1. The van der Waals surface area contributed by atoms with E-state index in [2.05, 4.69) is 9.97 Å². The molecule has 0 aliphatic heterocycles. The van der Waals surface area contributed by atoms with Gasteiger partial charge in [-0.15, -0.1) is 0 Å². The molecule has 0 fully saturated rings. The first-order chi connectivity index (χ1) is 9.08. The van der Waals surface area contributed by atoms with E-state index in [-0.39, 0.29) is 12.0 Å². The fourth-order valence-electron chi connectivity index (χ4n) is 1.86. The van der Waals surface area contributed by atoms with Crippen LogP contribution in [-0.4, -0.2) is 15.2 Å². The van der Waals surface area contributed by atoms with Crippen LogP contribution in [0.5, 0.6) is 0 Å². The Morgan fingerprint density at radius 1 is 1.32 bits per heavy atom. The Balaban J connectivity index is 2.37. The van der Waals surface area contributed by atoms with Crippen LogP contribution in [0.15, 0.2) is 35.1 Å². The highest BCUT2D eigenvalue weighted by Crippen LogP contribution is 2.14. The van der Waals surface area contributed by atoms with Crippen LogP contribution in [-0.2, 0) is 11.2 Å². The second-order valence-electron chi connectivity index (χ2n) is 4.20. The minimum Gasteiger partial charge on any atom is -0.306 e. The minimum atomic E-state index is -0.453. The summed E-state index contributed by atoms with van der Waals surface area (Å²) in [4.78, 5) is 29.9. The Kier molecular flexibility index (Phi) is 4.12. The topological polar surface area (TPSA) is 62.8 Å². The Bertz CT molecular complexity index is 650. The maximum Gasteiger partial charge on any atom is 0.254 e. The molecule has 0 unspecified atom stereocenters. The zero-order valence-corrected chi connectivity index (χ0v) is 11.2. The van der Waals surface area contributed by atoms with Crippen LogP contribution >= 0.6 is 11.6 Å². The van der Waals surface area contributed by atoms with Gasteiger partial charge in [0.25, 0.3) is 5.56 Å². The van der Waals surface area contributed by atoms with Crippen LogP contribution in [0, 0.1) is 6.92 Å².